The van der Waals surface area contributed by atoms with Crippen LogP contribution in [0.4, 0.5) is 5.82 Å². The van der Waals surface area contributed by atoms with Gasteiger partial charge in [-0.05, 0) is 45.0 Å². The number of ether oxygens (including phenoxy) is 1. The number of aromatic nitrogens is 2. The second kappa shape index (κ2) is 8.38. The molecule has 1 N–H and O–H groups in total. The second-order valence-corrected chi connectivity index (χ2v) is 9.74. The summed E-state index contributed by atoms with van der Waals surface area (Å²) >= 11 is 1.66. The molecule has 1 aromatic heterocycles. The first-order valence-electron chi connectivity index (χ1n) is 9.18. The predicted octanol–water partition coefficient (Wildman–Crippen LogP) is 5.07. The molecule has 0 atom stereocenters. The topological polar surface area (TPSA) is 56.1 Å². The van der Waals surface area contributed by atoms with E-state index in [0.29, 0.717) is 12.2 Å². The quantitative estimate of drug-likeness (QED) is 0.701. The fourth-order valence-corrected chi connectivity index (χ4v) is 3.34. The lowest BCUT2D eigenvalue weighted by atomic mass is 9.92. The number of hydrogen-bond acceptors (Lipinski definition) is 4. The molecule has 2 aromatic rings. The Morgan fingerprint density at radius 2 is 1.78 bits per heavy atom. The van der Waals surface area contributed by atoms with E-state index in [-0.39, 0.29) is 16.9 Å². The van der Waals surface area contributed by atoms with Crippen LogP contribution >= 0.6 is 11.8 Å². The zero-order chi connectivity index (χ0) is 20.2. The zero-order valence-electron chi connectivity index (χ0n) is 17.4. The molecule has 5 nitrogen and oxygen atoms in total. The molecule has 148 valence electrons. The van der Waals surface area contributed by atoms with E-state index in [4.69, 9.17) is 9.84 Å². The van der Waals surface area contributed by atoms with Crippen molar-refractivity contribution in [3.63, 3.8) is 0 Å². The number of carbonyl (C=O) groups excluding carboxylic acids is 1. The van der Waals surface area contributed by atoms with Crippen molar-refractivity contribution in [2.45, 2.75) is 63.8 Å². The Kier molecular flexibility index (Phi) is 6.63. The van der Waals surface area contributed by atoms with Gasteiger partial charge in [0.15, 0.2) is 0 Å². The van der Waals surface area contributed by atoms with Crippen LogP contribution in [-0.4, -0.2) is 28.6 Å². The van der Waals surface area contributed by atoms with Crippen molar-refractivity contribution in [3.05, 3.63) is 36.0 Å². The summed E-state index contributed by atoms with van der Waals surface area (Å²) in [5.74, 6) is 2.31. The minimum absolute atomic E-state index is 0.00173. The van der Waals surface area contributed by atoms with Crippen molar-refractivity contribution in [1.29, 1.82) is 0 Å². The van der Waals surface area contributed by atoms with Crippen LogP contribution in [0, 0.1) is 0 Å². The minimum atomic E-state index is -0.204. The predicted molar refractivity (Wildman–Crippen MR) is 113 cm³/mol. The van der Waals surface area contributed by atoms with Gasteiger partial charge in [-0.2, -0.15) is 5.10 Å². The molecule has 1 aromatic carbocycles. The molecule has 0 aliphatic heterocycles. The normalized spacial score (nSPS) is 12.1. The summed E-state index contributed by atoms with van der Waals surface area (Å²) in [5, 5.41) is 7.78. The summed E-state index contributed by atoms with van der Waals surface area (Å²) in [6.45, 7) is 12.6. The molecule has 0 bridgehead atoms. The number of anilines is 1. The molecule has 0 aliphatic carbocycles. The highest BCUT2D eigenvalue weighted by molar-refractivity contribution is 7.99. The SMILES string of the molecule is COc1ccc(SCCC(=O)Nc2cc(C(C)(C)C)nn2C(C)(C)C)cc1. The number of amides is 1. The lowest BCUT2D eigenvalue weighted by Gasteiger charge is -2.23. The van der Waals surface area contributed by atoms with Gasteiger partial charge in [-0.1, -0.05) is 20.8 Å². The number of benzene rings is 1. The third kappa shape index (κ3) is 6.03. The van der Waals surface area contributed by atoms with Crippen molar-refractivity contribution in [2.75, 3.05) is 18.2 Å². The van der Waals surface area contributed by atoms with Crippen LogP contribution in [0.3, 0.4) is 0 Å². The van der Waals surface area contributed by atoms with Crippen LogP contribution in [0.1, 0.15) is 53.7 Å². The lowest BCUT2D eigenvalue weighted by Crippen LogP contribution is -2.27. The van der Waals surface area contributed by atoms with Gasteiger partial charge >= 0.3 is 0 Å². The van der Waals surface area contributed by atoms with E-state index in [1.807, 2.05) is 35.0 Å². The first-order valence-corrected chi connectivity index (χ1v) is 10.2. The number of nitrogens with zero attached hydrogens (tertiary/aromatic N) is 2. The largest absolute Gasteiger partial charge is 0.497 e. The Bertz CT molecular complexity index is 768. The number of carbonyl (C=O) groups is 1. The van der Waals surface area contributed by atoms with E-state index in [2.05, 4.69) is 46.9 Å². The van der Waals surface area contributed by atoms with Crippen molar-refractivity contribution >= 4 is 23.5 Å². The molecule has 0 fully saturated rings. The Morgan fingerprint density at radius 3 is 2.30 bits per heavy atom. The van der Waals surface area contributed by atoms with E-state index in [1.165, 1.54) is 0 Å². The van der Waals surface area contributed by atoms with Gasteiger partial charge in [-0.25, -0.2) is 4.68 Å². The second-order valence-electron chi connectivity index (χ2n) is 8.57. The standard InChI is InChI=1S/C21H31N3O2S/c1-20(2,3)17-14-18(24(23-17)21(4,5)6)22-19(25)12-13-27-16-10-8-15(26-7)9-11-16/h8-11,14H,12-13H2,1-7H3,(H,22,25). The third-order valence-corrected chi connectivity index (χ3v) is 5.05. The lowest BCUT2D eigenvalue weighted by molar-refractivity contribution is -0.115. The van der Waals surface area contributed by atoms with Crippen molar-refractivity contribution in [2.24, 2.45) is 0 Å². The monoisotopic (exact) mass is 389 g/mol. The van der Waals surface area contributed by atoms with Gasteiger partial charge in [0, 0.05) is 28.6 Å². The van der Waals surface area contributed by atoms with Crippen LogP contribution in [0.5, 0.6) is 5.75 Å². The summed E-state index contributed by atoms with van der Waals surface area (Å²) < 4.78 is 7.07. The number of nitrogens with one attached hydrogen (secondary N) is 1. The van der Waals surface area contributed by atoms with E-state index in [9.17, 15) is 4.79 Å². The summed E-state index contributed by atoms with van der Waals surface area (Å²) in [6.07, 6.45) is 0.441. The van der Waals surface area contributed by atoms with Gasteiger partial charge in [-0.15, -0.1) is 11.8 Å². The summed E-state index contributed by atoms with van der Waals surface area (Å²) in [5.41, 5.74) is 0.699. The average Bonchev–Trinajstić information content (AvgIpc) is 3.00. The highest BCUT2D eigenvalue weighted by Crippen LogP contribution is 2.28. The zero-order valence-corrected chi connectivity index (χ0v) is 18.2. The highest BCUT2D eigenvalue weighted by Gasteiger charge is 2.25. The summed E-state index contributed by atoms with van der Waals surface area (Å²) in [7, 11) is 1.65. The Balaban J connectivity index is 1.99. The van der Waals surface area contributed by atoms with E-state index >= 15 is 0 Å². The number of thioether (sulfide) groups is 1. The maximum absolute atomic E-state index is 12.5. The Labute approximate surface area is 166 Å². The average molecular weight is 390 g/mol. The van der Waals surface area contributed by atoms with E-state index < -0.39 is 0 Å². The molecule has 0 saturated carbocycles. The van der Waals surface area contributed by atoms with Gasteiger partial charge in [0.2, 0.25) is 5.91 Å². The molecule has 0 unspecified atom stereocenters. The first kappa shape index (κ1) is 21.4. The van der Waals surface area contributed by atoms with Crippen molar-refractivity contribution < 1.29 is 9.53 Å². The third-order valence-electron chi connectivity index (χ3n) is 4.04. The number of rotatable bonds is 6. The molecule has 27 heavy (non-hydrogen) atoms. The van der Waals surface area contributed by atoms with Gasteiger partial charge in [0.05, 0.1) is 18.3 Å². The minimum Gasteiger partial charge on any atom is -0.497 e. The summed E-state index contributed by atoms with van der Waals surface area (Å²) in [6, 6.07) is 9.85. The molecule has 2 rings (SSSR count). The molecule has 0 saturated heterocycles. The smallest absolute Gasteiger partial charge is 0.226 e. The van der Waals surface area contributed by atoms with Crippen LogP contribution in [0.15, 0.2) is 35.2 Å². The van der Waals surface area contributed by atoms with E-state index in [0.717, 1.165) is 22.2 Å². The molecule has 0 radical (unpaired) electrons. The van der Waals surface area contributed by atoms with Crippen LogP contribution in [0.25, 0.3) is 0 Å². The van der Waals surface area contributed by atoms with Crippen LogP contribution < -0.4 is 10.1 Å². The fraction of sp³-hybridized carbons (Fsp3) is 0.524. The molecular weight excluding hydrogens is 358 g/mol. The molecule has 1 heterocycles. The molecule has 1 amide bonds. The van der Waals surface area contributed by atoms with Gasteiger partial charge < -0.3 is 10.1 Å². The summed E-state index contributed by atoms with van der Waals surface area (Å²) in [4.78, 5) is 13.6. The molecular formula is C21H31N3O2S. The first-order chi connectivity index (χ1) is 12.5. The van der Waals surface area contributed by atoms with Crippen LogP contribution in [0.2, 0.25) is 0 Å². The number of methoxy groups -OCH3 is 1. The Hall–Kier alpha value is -1.95. The Morgan fingerprint density at radius 1 is 1.15 bits per heavy atom. The fourth-order valence-electron chi connectivity index (χ4n) is 2.49. The molecule has 0 spiro atoms. The van der Waals surface area contributed by atoms with Crippen molar-refractivity contribution in [3.8, 4) is 5.75 Å². The van der Waals surface area contributed by atoms with Gasteiger partial charge in [0.1, 0.15) is 11.6 Å². The highest BCUT2D eigenvalue weighted by atomic mass is 32.2. The maximum Gasteiger partial charge on any atom is 0.226 e. The van der Waals surface area contributed by atoms with E-state index in [1.54, 1.807) is 18.9 Å². The number of hydrogen-bond donors (Lipinski definition) is 1. The maximum atomic E-state index is 12.5. The molecule has 6 heteroatoms. The van der Waals surface area contributed by atoms with Crippen LogP contribution in [-0.2, 0) is 15.7 Å². The van der Waals surface area contributed by atoms with Gasteiger partial charge in [0.25, 0.3) is 0 Å². The van der Waals surface area contributed by atoms with Gasteiger partial charge in [-0.3, -0.25) is 4.79 Å². The van der Waals surface area contributed by atoms with Crippen molar-refractivity contribution in [1.82, 2.24) is 9.78 Å². The molecule has 0 aliphatic rings.